The molecule has 2 aliphatic rings. The lowest BCUT2D eigenvalue weighted by atomic mass is 9.92. The van der Waals surface area contributed by atoms with Crippen LogP contribution in [0, 0.1) is 5.92 Å². The van der Waals surface area contributed by atoms with Crippen LogP contribution in [0.1, 0.15) is 47.5 Å². The summed E-state index contributed by atoms with van der Waals surface area (Å²) in [6.45, 7) is 12.3. The molecule has 2 fully saturated rings. The van der Waals surface area contributed by atoms with E-state index in [1.54, 1.807) is 0 Å². The second-order valence-electron chi connectivity index (χ2n) is 6.94. The first-order valence-corrected chi connectivity index (χ1v) is 6.83. The monoisotopic (exact) mass is 241 g/mol. The Labute approximate surface area is 105 Å². The number of hydrogen-bond acceptors (Lipinski definition) is 3. The zero-order chi connectivity index (χ0) is 12.8. The Balaban J connectivity index is 2.17. The third kappa shape index (κ3) is 2.38. The van der Waals surface area contributed by atoms with Gasteiger partial charge in [-0.25, -0.2) is 0 Å². The summed E-state index contributed by atoms with van der Waals surface area (Å²) in [5.74, 6) is 0.597. The smallest absolute Gasteiger partial charge is 0.0789 e. The molecule has 17 heavy (non-hydrogen) atoms. The Morgan fingerprint density at radius 2 is 1.94 bits per heavy atom. The summed E-state index contributed by atoms with van der Waals surface area (Å²) >= 11 is 0. The van der Waals surface area contributed by atoms with E-state index in [0.717, 1.165) is 13.0 Å². The fourth-order valence-electron chi connectivity index (χ4n) is 3.76. The normalized spacial score (nSPS) is 40.9. The van der Waals surface area contributed by atoms with E-state index in [4.69, 9.17) is 4.74 Å². The zero-order valence-electron chi connectivity index (χ0n) is 11.9. The predicted molar refractivity (Wildman–Crippen MR) is 69.0 cm³/mol. The number of ether oxygens (including phenoxy) is 1. The van der Waals surface area contributed by atoms with Crippen molar-refractivity contribution >= 4 is 0 Å². The van der Waals surface area contributed by atoms with Gasteiger partial charge in [-0.05, 0) is 53.0 Å². The molecule has 2 rings (SSSR count). The molecule has 100 valence electrons. The molecular weight excluding hydrogens is 214 g/mol. The van der Waals surface area contributed by atoms with Crippen LogP contribution in [-0.4, -0.2) is 46.4 Å². The van der Waals surface area contributed by atoms with Crippen molar-refractivity contribution in [2.45, 2.75) is 70.7 Å². The van der Waals surface area contributed by atoms with Crippen molar-refractivity contribution < 1.29 is 9.84 Å². The lowest BCUT2D eigenvalue weighted by Gasteiger charge is -2.37. The quantitative estimate of drug-likeness (QED) is 0.803. The van der Waals surface area contributed by atoms with Crippen LogP contribution in [0.4, 0.5) is 0 Å². The molecule has 0 spiro atoms. The van der Waals surface area contributed by atoms with Gasteiger partial charge in [0, 0.05) is 12.1 Å². The van der Waals surface area contributed by atoms with Gasteiger partial charge >= 0.3 is 0 Å². The summed E-state index contributed by atoms with van der Waals surface area (Å²) in [6, 6.07) is 0.747. The number of aliphatic hydroxyl groups is 1. The molecule has 3 unspecified atom stereocenters. The van der Waals surface area contributed by atoms with Crippen LogP contribution >= 0.6 is 0 Å². The fourth-order valence-corrected chi connectivity index (χ4v) is 3.76. The Bertz CT molecular complexity index is 288. The highest BCUT2D eigenvalue weighted by Crippen LogP contribution is 2.43. The van der Waals surface area contributed by atoms with Crippen LogP contribution in [0.25, 0.3) is 0 Å². The molecule has 3 nitrogen and oxygen atoms in total. The van der Waals surface area contributed by atoms with Crippen LogP contribution in [0.3, 0.4) is 0 Å². The van der Waals surface area contributed by atoms with E-state index in [-0.39, 0.29) is 17.8 Å². The van der Waals surface area contributed by atoms with Crippen LogP contribution in [0.15, 0.2) is 0 Å². The van der Waals surface area contributed by atoms with Gasteiger partial charge in [0.1, 0.15) is 0 Å². The van der Waals surface area contributed by atoms with Crippen LogP contribution in [-0.2, 0) is 4.74 Å². The number of nitrogens with zero attached hydrogens (tertiary/aromatic N) is 1. The van der Waals surface area contributed by atoms with Crippen molar-refractivity contribution in [1.82, 2.24) is 4.90 Å². The number of rotatable bonds is 2. The molecule has 0 bridgehead atoms. The lowest BCUT2D eigenvalue weighted by molar-refractivity contribution is -0.0835. The Hall–Kier alpha value is -0.120. The summed E-state index contributed by atoms with van der Waals surface area (Å²) in [7, 11) is 0. The molecule has 0 aromatic heterocycles. The highest BCUT2D eigenvalue weighted by atomic mass is 16.5. The maximum Gasteiger partial charge on any atom is 0.0789 e. The minimum absolute atomic E-state index is 0.0417. The van der Waals surface area contributed by atoms with Gasteiger partial charge in [-0.3, -0.25) is 4.90 Å². The first-order valence-electron chi connectivity index (χ1n) is 6.83. The molecule has 0 saturated carbocycles. The van der Waals surface area contributed by atoms with Gasteiger partial charge in [0.25, 0.3) is 0 Å². The predicted octanol–water partition coefficient (Wildman–Crippen LogP) is 2.04. The second kappa shape index (κ2) is 4.22. The lowest BCUT2D eigenvalue weighted by Crippen LogP contribution is -2.50. The van der Waals surface area contributed by atoms with Crippen LogP contribution in [0.5, 0.6) is 0 Å². The second-order valence-corrected chi connectivity index (χ2v) is 6.94. The van der Waals surface area contributed by atoms with E-state index in [9.17, 15) is 5.11 Å². The average molecular weight is 241 g/mol. The molecule has 0 aromatic rings. The molecule has 2 saturated heterocycles. The van der Waals surface area contributed by atoms with Gasteiger partial charge in [-0.2, -0.15) is 0 Å². The van der Waals surface area contributed by atoms with E-state index in [1.807, 2.05) is 0 Å². The Morgan fingerprint density at radius 3 is 2.41 bits per heavy atom. The van der Waals surface area contributed by atoms with Crippen molar-refractivity contribution in [3.8, 4) is 0 Å². The first kappa shape index (κ1) is 13.3. The zero-order valence-corrected chi connectivity index (χ0v) is 11.9. The Kier molecular flexibility index (Phi) is 3.30. The summed E-state index contributed by atoms with van der Waals surface area (Å²) in [6.07, 6.45) is 2.25. The fraction of sp³-hybridized carbons (Fsp3) is 1.00. The van der Waals surface area contributed by atoms with Crippen molar-refractivity contribution in [1.29, 1.82) is 0 Å². The largest absolute Gasteiger partial charge is 0.395 e. The molecule has 2 heterocycles. The van der Waals surface area contributed by atoms with Crippen molar-refractivity contribution in [2.24, 2.45) is 5.92 Å². The van der Waals surface area contributed by atoms with Gasteiger partial charge < -0.3 is 9.84 Å². The number of aliphatic hydroxyl groups excluding tert-OH is 1. The molecule has 3 heteroatoms. The SMILES string of the molecule is CC1CCN(C2CC(C)(C)OC2(C)C)C1CO. The third-order valence-electron chi connectivity index (χ3n) is 4.54. The standard InChI is InChI=1S/C14H27NO2/c1-10-6-7-15(11(10)9-16)12-8-13(2,3)17-14(12,4)5/h10-12,16H,6-9H2,1-5H3. The van der Waals surface area contributed by atoms with E-state index >= 15 is 0 Å². The van der Waals surface area contributed by atoms with Gasteiger partial charge in [0.2, 0.25) is 0 Å². The molecule has 0 aliphatic carbocycles. The maximum atomic E-state index is 9.59. The first-order chi connectivity index (χ1) is 7.77. The molecular formula is C14H27NO2. The summed E-state index contributed by atoms with van der Waals surface area (Å²) < 4.78 is 6.17. The summed E-state index contributed by atoms with van der Waals surface area (Å²) in [5, 5.41) is 9.59. The van der Waals surface area contributed by atoms with Gasteiger partial charge in [0.15, 0.2) is 0 Å². The average Bonchev–Trinajstić information content (AvgIpc) is 2.63. The third-order valence-corrected chi connectivity index (χ3v) is 4.54. The van der Waals surface area contributed by atoms with Crippen molar-refractivity contribution in [3.05, 3.63) is 0 Å². The minimum Gasteiger partial charge on any atom is -0.395 e. The highest BCUT2D eigenvalue weighted by Gasteiger charge is 2.51. The molecule has 1 N–H and O–H groups in total. The van der Waals surface area contributed by atoms with Gasteiger partial charge in [-0.15, -0.1) is 0 Å². The summed E-state index contributed by atoms with van der Waals surface area (Å²) in [5.41, 5.74) is -0.152. The van der Waals surface area contributed by atoms with E-state index < -0.39 is 0 Å². The van der Waals surface area contributed by atoms with Crippen LogP contribution in [0.2, 0.25) is 0 Å². The topological polar surface area (TPSA) is 32.7 Å². The molecule has 0 radical (unpaired) electrons. The molecule has 3 atom stereocenters. The molecule has 2 aliphatic heterocycles. The minimum atomic E-state index is -0.110. The van der Waals surface area contributed by atoms with Gasteiger partial charge in [-0.1, -0.05) is 6.92 Å². The number of hydrogen-bond donors (Lipinski definition) is 1. The molecule has 0 amide bonds. The van der Waals surface area contributed by atoms with Gasteiger partial charge in [0.05, 0.1) is 17.8 Å². The van der Waals surface area contributed by atoms with E-state index in [0.29, 0.717) is 18.0 Å². The van der Waals surface area contributed by atoms with E-state index in [2.05, 4.69) is 39.5 Å². The van der Waals surface area contributed by atoms with Crippen molar-refractivity contribution in [3.63, 3.8) is 0 Å². The van der Waals surface area contributed by atoms with Crippen molar-refractivity contribution in [2.75, 3.05) is 13.2 Å². The summed E-state index contributed by atoms with van der Waals surface area (Å²) in [4.78, 5) is 2.49. The number of likely N-dealkylation sites (tertiary alicyclic amines) is 1. The maximum absolute atomic E-state index is 9.59. The molecule has 0 aromatic carbocycles. The highest BCUT2D eigenvalue weighted by molar-refractivity contribution is 5.03. The van der Waals surface area contributed by atoms with E-state index in [1.165, 1.54) is 6.42 Å². The Morgan fingerprint density at radius 1 is 1.29 bits per heavy atom. The van der Waals surface area contributed by atoms with Crippen LogP contribution < -0.4 is 0 Å².